The molecular formula is C36H38F2O12. The smallest absolute Gasteiger partial charge is 0.342 e. The average Bonchev–Trinajstić information content (AvgIpc) is 3.06. The van der Waals surface area contributed by atoms with Gasteiger partial charge in [-0.05, 0) is 77.9 Å². The molecule has 0 radical (unpaired) electrons. The summed E-state index contributed by atoms with van der Waals surface area (Å²) in [6, 6.07) is 7.56. The van der Waals surface area contributed by atoms with Crippen molar-refractivity contribution in [3.05, 3.63) is 70.3 Å². The second-order valence-corrected chi connectivity index (χ2v) is 9.98. The van der Waals surface area contributed by atoms with E-state index in [0.29, 0.717) is 10.8 Å². The maximum Gasteiger partial charge on any atom is 0.342 e. The molecule has 0 fully saturated rings. The highest BCUT2D eigenvalue weighted by Crippen LogP contribution is 2.43. The SMILES string of the molecule is CCOC(=O)c1c(C(=O)OCC)c(OCC)c2cc(F)ccc2c1OCC.CCOc1c(C(=O)O)c(C(=O)O)c(OCC)c2cc(F)ccc12. The molecule has 0 bridgehead atoms. The van der Waals surface area contributed by atoms with Gasteiger partial charge < -0.3 is 38.6 Å². The lowest BCUT2D eigenvalue weighted by atomic mass is 9.97. The summed E-state index contributed by atoms with van der Waals surface area (Å²) in [7, 11) is 0. The molecule has 0 saturated carbocycles. The second kappa shape index (κ2) is 17.7. The van der Waals surface area contributed by atoms with Crippen LogP contribution in [0, 0.1) is 11.6 Å². The van der Waals surface area contributed by atoms with E-state index >= 15 is 0 Å². The molecule has 50 heavy (non-hydrogen) atoms. The highest BCUT2D eigenvalue weighted by atomic mass is 19.1. The normalized spacial score (nSPS) is 10.6. The fraction of sp³-hybridized carbons (Fsp3) is 0.333. The topological polar surface area (TPSA) is 164 Å². The number of fused-ring (bicyclic) bond motifs is 2. The van der Waals surface area contributed by atoms with Crippen molar-refractivity contribution in [3.8, 4) is 23.0 Å². The lowest BCUT2D eigenvalue weighted by Crippen LogP contribution is -2.18. The number of carboxylic acid groups (broad SMARTS) is 2. The van der Waals surface area contributed by atoms with E-state index in [0.717, 1.165) is 12.1 Å². The fourth-order valence-corrected chi connectivity index (χ4v) is 5.18. The van der Waals surface area contributed by atoms with Gasteiger partial charge >= 0.3 is 23.9 Å². The Labute approximate surface area is 286 Å². The number of carbonyl (C=O) groups is 4. The molecule has 0 unspecified atom stereocenters. The largest absolute Gasteiger partial charge is 0.492 e. The molecule has 0 spiro atoms. The molecule has 0 aromatic heterocycles. The highest BCUT2D eigenvalue weighted by molar-refractivity contribution is 6.15. The average molecular weight is 701 g/mol. The summed E-state index contributed by atoms with van der Waals surface area (Å²) in [4.78, 5) is 48.6. The Kier molecular flexibility index (Phi) is 13.7. The molecule has 4 aromatic rings. The van der Waals surface area contributed by atoms with Crippen LogP contribution in [-0.4, -0.2) is 73.7 Å². The first-order chi connectivity index (χ1) is 23.9. The van der Waals surface area contributed by atoms with Crippen LogP contribution >= 0.6 is 0 Å². The van der Waals surface area contributed by atoms with E-state index in [-0.39, 0.29) is 84.5 Å². The van der Waals surface area contributed by atoms with E-state index in [4.69, 9.17) is 28.4 Å². The summed E-state index contributed by atoms with van der Waals surface area (Å²) in [5, 5.41) is 20.1. The van der Waals surface area contributed by atoms with Gasteiger partial charge in [0, 0.05) is 21.5 Å². The van der Waals surface area contributed by atoms with E-state index in [9.17, 15) is 38.2 Å². The molecule has 4 rings (SSSR count). The first kappa shape index (κ1) is 38.8. The molecule has 0 aliphatic rings. The summed E-state index contributed by atoms with van der Waals surface area (Å²) < 4.78 is 59.8. The van der Waals surface area contributed by atoms with Crippen molar-refractivity contribution in [2.24, 2.45) is 0 Å². The zero-order valence-electron chi connectivity index (χ0n) is 28.4. The van der Waals surface area contributed by atoms with E-state index in [1.165, 1.54) is 24.3 Å². The van der Waals surface area contributed by atoms with Gasteiger partial charge in [0.15, 0.2) is 0 Å². The van der Waals surface area contributed by atoms with Gasteiger partial charge in [-0.2, -0.15) is 0 Å². The minimum Gasteiger partial charge on any atom is -0.492 e. The summed E-state index contributed by atoms with van der Waals surface area (Å²) in [6.45, 7) is 10.9. The molecule has 0 saturated heterocycles. The van der Waals surface area contributed by atoms with Crippen molar-refractivity contribution in [1.29, 1.82) is 0 Å². The first-order valence-electron chi connectivity index (χ1n) is 15.8. The van der Waals surface area contributed by atoms with Crippen molar-refractivity contribution in [2.75, 3.05) is 39.6 Å². The Morgan fingerprint density at radius 3 is 1.08 bits per heavy atom. The van der Waals surface area contributed by atoms with Gasteiger partial charge in [0.25, 0.3) is 0 Å². The molecule has 2 N–H and O–H groups in total. The molecule has 12 nitrogen and oxygen atoms in total. The summed E-state index contributed by atoms with van der Waals surface area (Å²) in [5.41, 5.74) is -1.28. The minimum absolute atomic E-state index is 0.0666. The van der Waals surface area contributed by atoms with Crippen molar-refractivity contribution < 1.29 is 66.6 Å². The Morgan fingerprint density at radius 2 is 0.780 bits per heavy atom. The molecule has 0 aliphatic heterocycles. The number of carboxylic acids is 2. The summed E-state index contributed by atoms with van der Waals surface area (Å²) >= 11 is 0. The standard InChI is InChI=1S/C20H23FO6.C16H15FO6/c1-5-24-17-13-10-9-12(21)11-14(13)18(25-6-2)16(20(23)27-8-4)15(17)19(22)26-7-3;1-3-22-13-9-6-5-8(17)7-10(9)14(23-4-2)12(16(20)21)11(13)15(18)19/h9-11H,5-8H2,1-4H3;5-7H,3-4H2,1-2H3,(H,18,19)(H,20,21). The van der Waals surface area contributed by atoms with Gasteiger partial charge in [-0.1, -0.05) is 0 Å². The van der Waals surface area contributed by atoms with Crippen LogP contribution in [0.5, 0.6) is 23.0 Å². The van der Waals surface area contributed by atoms with Crippen LogP contribution in [0.4, 0.5) is 8.78 Å². The third-order valence-corrected chi connectivity index (χ3v) is 6.89. The number of carbonyl (C=O) groups excluding carboxylic acids is 2. The molecule has 0 amide bonds. The number of esters is 2. The van der Waals surface area contributed by atoms with Crippen LogP contribution in [0.2, 0.25) is 0 Å². The fourth-order valence-electron chi connectivity index (χ4n) is 5.18. The Balaban J connectivity index is 0.000000274. The number of benzene rings is 4. The van der Waals surface area contributed by atoms with E-state index in [2.05, 4.69) is 0 Å². The monoisotopic (exact) mass is 700 g/mol. The Hall–Kier alpha value is -5.66. The Bertz CT molecular complexity index is 1900. The maximum absolute atomic E-state index is 13.9. The van der Waals surface area contributed by atoms with Gasteiger partial charge in [0.05, 0.1) is 39.6 Å². The van der Waals surface area contributed by atoms with Gasteiger partial charge in [0.1, 0.15) is 56.9 Å². The summed E-state index contributed by atoms with van der Waals surface area (Å²) in [5.74, 6) is -5.66. The third-order valence-electron chi connectivity index (χ3n) is 6.89. The lowest BCUT2D eigenvalue weighted by Gasteiger charge is -2.20. The number of aromatic carboxylic acids is 2. The van der Waals surface area contributed by atoms with Crippen LogP contribution in [0.15, 0.2) is 36.4 Å². The minimum atomic E-state index is -1.49. The van der Waals surface area contributed by atoms with Crippen LogP contribution in [0.25, 0.3) is 21.5 Å². The van der Waals surface area contributed by atoms with Gasteiger partial charge in [-0.25, -0.2) is 28.0 Å². The van der Waals surface area contributed by atoms with Crippen molar-refractivity contribution in [3.63, 3.8) is 0 Å². The van der Waals surface area contributed by atoms with Gasteiger partial charge in [-0.3, -0.25) is 0 Å². The molecule has 0 heterocycles. The lowest BCUT2D eigenvalue weighted by molar-refractivity contribution is 0.0471. The quantitative estimate of drug-likeness (QED) is 0.126. The predicted octanol–water partition coefficient (Wildman–Crippen LogP) is 7.30. The number of hydrogen-bond donors (Lipinski definition) is 2. The molecule has 0 atom stereocenters. The van der Waals surface area contributed by atoms with E-state index in [1.807, 2.05) is 0 Å². The molecular weight excluding hydrogens is 662 g/mol. The zero-order chi connectivity index (χ0) is 37.1. The van der Waals surface area contributed by atoms with Crippen molar-refractivity contribution in [1.82, 2.24) is 0 Å². The van der Waals surface area contributed by atoms with Crippen molar-refractivity contribution >= 4 is 45.4 Å². The molecule has 0 aliphatic carbocycles. The number of hydrogen-bond acceptors (Lipinski definition) is 10. The predicted molar refractivity (Wildman–Crippen MR) is 178 cm³/mol. The molecule has 4 aromatic carbocycles. The summed E-state index contributed by atoms with van der Waals surface area (Å²) in [6.07, 6.45) is 0. The van der Waals surface area contributed by atoms with E-state index in [1.54, 1.807) is 41.5 Å². The highest BCUT2D eigenvalue weighted by Gasteiger charge is 2.33. The number of rotatable bonds is 14. The number of halogens is 2. The van der Waals surface area contributed by atoms with Crippen LogP contribution < -0.4 is 18.9 Å². The Morgan fingerprint density at radius 1 is 0.480 bits per heavy atom. The maximum atomic E-state index is 13.9. The third kappa shape index (κ3) is 8.13. The van der Waals surface area contributed by atoms with Crippen LogP contribution in [0.1, 0.15) is 83.0 Å². The number of ether oxygens (including phenoxy) is 6. The van der Waals surface area contributed by atoms with E-state index < -0.39 is 46.6 Å². The second-order valence-electron chi connectivity index (χ2n) is 9.98. The van der Waals surface area contributed by atoms with Gasteiger partial charge in [0.2, 0.25) is 0 Å². The molecule has 268 valence electrons. The van der Waals surface area contributed by atoms with Crippen LogP contribution in [0.3, 0.4) is 0 Å². The molecule has 14 heteroatoms. The van der Waals surface area contributed by atoms with Crippen molar-refractivity contribution in [2.45, 2.75) is 41.5 Å². The first-order valence-corrected chi connectivity index (χ1v) is 15.8. The van der Waals surface area contributed by atoms with Crippen LogP contribution in [-0.2, 0) is 9.47 Å². The van der Waals surface area contributed by atoms with Gasteiger partial charge in [-0.15, -0.1) is 0 Å². The zero-order valence-corrected chi connectivity index (χ0v) is 28.4.